The largest absolute Gasteiger partial charge is 0.397 e. The van der Waals surface area contributed by atoms with Crippen LogP contribution in [0.1, 0.15) is 0 Å². The number of rotatable bonds is 4. The van der Waals surface area contributed by atoms with Crippen LogP contribution in [0, 0.1) is 5.82 Å². The summed E-state index contributed by atoms with van der Waals surface area (Å²) in [4.78, 5) is 1.74. The van der Waals surface area contributed by atoms with Gasteiger partial charge in [-0.1, -0.05) is 11.6 Å². The Balaban J connectivity index is 3.08. The zero-order valence-electron chi connectivity index (χ0n) is 9.26. The van der Waals surface area contributed by atoms with Gasteiger partial charge in [0, 0.05) is 19.3 Å². The molecular formula is C10H15ClFN3S. The number of nitrogens with two attached hydrogens (primary N) is 2. The first-order valence-electron chi connectivity index (χ1n) is 4.72. The summed E-state index contributed by atoms with van der Waals surface area (Å²) < 4.78 is 13.9. The lowest BCUT2D eigenvalue weighted by atomic mass is 10.2. The molecule has 1 rings (SSSR count). The van der Waals surface area contributed by atoms with Gasteiger partial charge in [-0.25, -0.2) is 4.39 Å². The van der Waals surface area contributed by atoms with E-state index in [-0.39, 0.29) is 10.7 Å². The predicted molar refractivity (Wildman–Crippen MR) is 71.9 cm³/mol. The van der Waals surface area contributed by atoms with Gasteiger partial charge in [0.25, 0.3) is 0 Å². The first kappa shape index (κ1) is 13.3. The summed E-state index contributed by atoms with van der Waals surface area (Å²) in [7, 11) is 1.78. The molecule has 0 saturated heterocycles. The third-order valence-corrected chi connectivity index (χ3v) is 3.23. The summed E-state index contributed by atoms with van der Waals surface area (Å²) in [6, 6.07) is 1.48. The number of halogens is 2. The number of anilines is 3. The van der Waals surface area contributed by atoms with Gasteiger partial charge < -0.3 is 16.4 Å². The summed E-state index contributed by atoms with van der Waals surface area (Å²) in [6.07, 6.45) is 1.99. The average Bonchev–Trinajstić information content (AvgIpc) is 2.23. The molecule has 3 nitrogen and oxygen atoms in total. The first-order valence-corrected chi connectivity index (χ1v) is 6.49. The number of benzene rings is 1. The van der Waals surface area contributed by atoms with Crippen LogP contribution in [-0.2, 0) is 0 Å². The van der Waals surface area contributed by atoms with E-state index in [1.165, 1.54) is 6.07 Å². The Morgan fingerprint density at radius 3 is 2.62 bits per heavy atom. The summed E-state index contributed by atoms with van der Waals surface area (Å²) in [6.45, 7) is 0.697. The van der Waals surface area contributed by atoms with Crippen molar-refractivity contribution >= 4 is 40.4 Å². The van der Waals surface area contributed by atoms with E-state index in [1.807, 2.05) is 6.26 Å². The Kier molecular flexibility index (Phi) is 4.56. The molecule has 0 aliphatic heterocycles. The fourth-order valence-corrected chi connectivity index (χ4v) is 1.99. The molecule has 0 bridgehead atoms. The normalized spacial score (nSPS) is 10.5. The smallest absolute Gasteiger partial charge is 0.169 e. The Bertz CT molecular complexity index is 387. The van der Waals surface area contributed by atoms with Crippen molar-refractivity contribution in [3.8, 4) is 0 Å². The van der Waals surface area contributed by atoms with Gasteiger partial charge in [0.15, 0.2) is 5.82 Å². The van der Waals surface area contributed by atoms with Crippen LogP contribution in [0.2, 0.25) is 5.02 Å². The Hall–Kier alpha value is -0.810. The lowest BCUT2D eigenvalue weighted by Crippen LogP contribution is -2.23. The maximum Gasteiger partial charge on any atom is 0.169 e. The second-order valence-electron chi connectivity index (χ2n) is 3.45. The molecule has 0 aliphatic carbocycles. The third-order valence-electron chi connectivity index (χ3n) is 2.25. The first-order chi connectivity index (χ1) is 7.49. The monoisotopic (exact) mass is 263 g/mol. The molecule has 1 aromatic rings. The molecule has 0 fully saturated rings. The van der Waals surface area contributed by atoms with Crippen molar-refractivity contribution in [2.75, 3.05) is 42.0 Å². The van der Waals surface area contributed by atoms with Crippen LogP contribution in [0.5, 0.6) is 0 Å². The molecule has 0 amide bonds. The second-order valence-corrected chi connectivity index (χ2v) is 4.81. The van der Waals surface area contributed by atoms with Gasteiger partial charge >= 0.3 is 0 Å². The van der Waals surface area contributed by atoms with Crippen LogP contribution in [0.25, 0.3) is 0 Å². The molecular weight excluding hydrogens is 249 g/mol. The SMILES string of the molecule is CSCCN(C)c1c(N)cc(N)c(Cl)c1F. The molecule has 16 heavy (non-hydrogen) atoms. The number of hydrogen-bond acceptors (Lipinski definition) is 4. The minimum Gasteiger partial charge on any atom is -0.397 e. The molecule has 0 aliphatic rings. The topological polar surface area (TPSA) is 55.3 Å². The van der Waals surface area contributed by atoms with Crippen molar-refractivity contribution in [1.82, 2.24) is 0 Å². The van der Waals surface area contributed by atoms with Crippen LogP contribution >= 0.6 is 23.4 Å². The lowest BCUT2D eigenvalue weighted by Gasteiger charge is -2.22. The van der Waals surface area contributed by atoms with E-state index in [0.717, 1.165) is 5.75 Å². The number of nitrogen functional groups attached to an aromatic ring is 2. The molecule has 6 heteroatoms. The number of hydrogen-bond donors (Lipinski definition) is 2. The van der Waals surface area contributed by atoms with Gasteiger partial charge in [0.1, 0.15) is 5.02 Å². The Morgan fingerprint density at radius 2 is 2.06 bits per heavy atom. The van der Waals surface area contributed by atoms with Gasteiger partial charge in [-0.3, -0.25) is 0 Å². The summed E-state index contributed by atoms with van der Waals surface area (Å²) in [5.41, 5.74) is 12.0. The highest BCUT2D eigenvalue weighted by atomic mass is 35.5. The lowest BCUT2D eigenvalue weighted by molar-refractivity contribution is 0.625. The summed E-state index contributed by atoms with van der Waals surface area (Å²) in [5, 5.41) is -0.0693. The van der Waals surface area contributed by atoms with Crippen molar-refractivity contribution in [3.63, 3.8) is 0 Å². The minimum absolute atomic E-state index is 0.0693. The van der Waals surface area contributed by atoms with Gasteiger partial charge in [0.2, 0.25) is 0 Å². The highest BCUT2D eigenvalue weighted by Gasteiger charge is 2.17. The summed E-state index contributed by atoms with van der Waals surface area (Å²) >= 11 is 7.43. The van der Waals surface area contributed by atoms with Gasteiger partial charge in [-0.05, 0) is 12.3 Å². The van der Waals surface area contributed by atoms with Crippen molar-refractivity contribution in [3.05, 3.63) is 16.9 Å². The van der Waals surface area contributed by atoms with Crippen LogP contribution in [-0.4, -0.2) is 25.6 Å². The van der Waals surface area contributed by atoms with E-state index in [9.17, 15) is 4.39 Å². The molecule has 90 valence electrons. The van der Waals surface area contributed by atoms with Gasteiger partial charge in [0.05, 0.1) is 17.1 Å². The molecule has 0 heterocycles. The van der Waals surface area contributed by atoms with Crippen LogP contribution in [0.3, 0.4) is 0 Å². The van der Waals surface area contributed by atoms with Crippen molar-refractivity contribution < 1.29 is 4.39 Å². The van der Waals surface area contributed by atoms with Crippen molar-refractivity contribution in [2.45, 2.75) is 0 Å². The molecule has 0 aromatic heterocycles. The fourth-order valence-electron chi connectivity index (χ4n) is 1.38. The van der Waals surface area contributed by atoms with Crippen LogP contribution in [0.4, 0.5) is 21.5 Å². The molecule has 0 radical (unpaired) electrons. The van der Waals surface area contributed by atoms with Crippen LogP contribution < -0.4 is 16.4 Å². The average molecular weight is 264 g/mol. The molecule has 0 unspecified atom stereocenters. The third kappa shape index (κ3) is 2.65. The van der Waals surface area contributed by atoms with Crippen LogP contribution in [0.15, 0.2) is 6.07 Å². The van der Waals surface area contributed by atoms with E-state index in [2.05, 4.69) is 0 Å². The minimum atomic E-state index is -0.553. The zero-order valence-corrected chi connectivity index (χ0v) is 10.8. The quantitative estimate of drug-likeness (QED) is 0.820. The predicted octanol–water partition coefficient (Wildman–Crippen LogP) is 2.44. The van der Waals surface area contributed by atoms with Crippen molar-refractivity contribution in [2.24, 2.45) is 0 Å². The van der Waals surface area contributed by atoms with Crippen molar-refractivity contribution in [1.29, 1.82) is 0 Å². The molecule has 4 N–H and O–H groups in total. The maximum absolute atomic E-state index is 13.9. The second kappa shape index (κ2) is 5.50. The number of nitrogens with zero attached hydrogens (tertiary/aromatic N) is 1. The molecule has 0 spiro atoms. The van der Waals surface area contributed by atoms with Gasteiger partial charge in [-0.15, -0.1) is 0 Å². The van der Waals surface area contributed by atoms with E-state index in [0.29, 0.717) is 17.9 Å². The van der Waals surface area contributed by atoms with E-state index in [1.54, 1.807) is 23.7 Å². The Morgan fingerprint density at radius 1 is 1.44 bits per heavy atom. The highest BCUT2D eigenvalue weighted by molar-refractivity contribution is 7.98. The zero-order chi connectivity index (χ0) is 12.3. The van der Waals surface area contributed by atoms with Gasteiger partial charge in [-0.2, -0.15) is 11.8 Å². The van der Waals surface area contributed by atoms with E-state index >= 15 is 0 Å². The molecule has 0 atom stereocenters. The molecule has 1 aromatic carbocycles. The highest BCUT2D eigenvalue weighted by Crippen LogP contribution is 2.35. The molecule has 0 saturated carbocycles. The summed E-state index contributed by atoms with van der Waals surface area (Å²) in [5.74, 6) is 0.333. The van der Waals surface area contributed by atoms with E-state index < -0.39 is 5.82 Å². The standard InChI is InChI=1S/C10H15ClFN3S/c1-15(3-4-16-2)10-7(14)5-6(13)8(11)9(10)12/h5H,3-4,13-14H2,1-2H3. The fraction of sp³-hybridized carbons (Fsp3) is 0.400. The number of thioether (sulfide) groups is 1. The Labute approximate surface area is 104 Å². The van der Waals surface area contributed by atoms with E-state index in [4.69, 9.17) is 23.1 Å². The maximum atomic E-state index is 13.9.